The van der Waals surface area contributed by atoms with Gasteiger partial charge in [0.15, 0.2) is 0 Å². The summed E-state index contributed by atoms with van der Waals surface area (Å²) in [4.78, 5) is 91.3. The number of carbonyl (C=O) groups excluding carboxylic acids is 6. The summed E-state index contributed by atoms with van der Waals surface area (Å²) in [7, 11) is 0. The van der Waals surface area contributed by atoms with Crippen molar-refractivity contribution in [3.05, 3.63) is 42.2 Å². The van der Waals surface area contributed by atoms with E-state index < -0.39 is 60.6 Å². The minimum absolute atomic E-state index is 0.0301. The molecule has 2 aromatic heterocycles. The van der Waals surface area contributed by atoms with Crippen molar-refractivity contribution in [2.24, 2.45) is 11.7 Å². The SMILES string of the molecule is CC(=O)NCC(=O)N[C@@H](CC(C)C)C(=O)Nc1ccc(-c2ccc(C(=O)N[C@@H](CC(=O)O)C(=O)NCC(N)=O)cn2)nc1. The van der Waals surface area contributed by atoms with Gasteiger partial charge >= 0.3 is 5.97 Å². The molecule has 230 valence electrons. The average molecular weight is 599 g/mol. The third-order valence-electron chi connectivity index (χ3n) is 5.61. The molecule has 0 fully saturated rings. The van der Waals surface area contributed by atoms with E-state index in [1.807, 2.05) is 13.8 Å². The first-order valence-electron chi connectivity index (χ1n) is 13.1. The van der Waals surface area contributed by atoms with E-state index in [0.29, 0.717) is 23.5 Å². The third-order valence-corrected chi connectivity index (χ3v) is 5.61. The van der Waals surface area contributed by atoms with E-state index in [9.17, 15) is 33.6 Å². The second-order valence-corrected chi connectivity index (χ2v) is 9.82. The summed E-state index contributed by atoms with van der Waals surface area (Å²) in [6.07, 6.45) is 2.24. The number of rotatable bonds is 15. The number of primary amides is 1. The van der Waals surface area contributed by atoms with Crippen molar-refractivity contribution in [1.82, 2.24) is 31.2 Å². The van der Waals surface area contributed by atoms with Crippen LogP contribution in [0.15, 0.2) is 36.7 Å². The second-order valence-electron chi connectivity index (χ2n) is 9.82. The normalized spacial score (nSPS) is 11.9. The molecule has 0 aliphatic rings. The van der Waals surface area contributed by atoms with Crippen molar-refractivity contribution in [2.45, 2.75) is 45.7 Å². The predicted molar refractivity (Wildman–Crippen MR) is 152 cm³/mol. The summed E-state index contributed by atoms with van der Waals surface area (Å²) < 4.78 is 0. The van der Waals surface area contributed by atoms with Crippen LogP contribution < -0.4 is 32.3 Å². The van der Waals surface area contributed by atoms with Crippen molar-refractivity contribution in [3.63, 3.8) is 0 Å². The molecule has 0 aliphatic carbocycles. The van der Waals surface area contributed by atoms with Crippen molar-refractivity contribution >= 4 is 47.1 Å². The molecule has 0 aliphatic heterocycles. The molecule has 2 atom stereocenters. The van der Waals surface area contributed by atoms with Gasteiger partial charge in [0.1, 0.15) is 12.1 Å². The Morgan fingerprint density at radius 1 is 0.837 bits per heavy atom. The number of aliphatic carboxylic acids is 1. The highest BCUT2D eigenvalue weighted by Gasteiger charge is 2.25. The molecule has 16 nitrogen and oxygen atoms in total. The Balaban J connectivity index is 2.06. The van der Waals surface area contributed by atoms with E-state index in [4.69, 9.17) is 10.8 Å². The van der Waals surface area contributed by atoms with Crippen LogP contribution in [0.5, 0.6) is 0 Å². The summed E-state index contributed by atoms with van der Waals surface area (Å²) in [6.45, 7) is 4.30. The Hall–Kier alpha value is -5.41. The van der Waals surface area contributed by atoms with Crippen LogP contribution in [0, 0.1) is 5.92 Å². The Kier molecular flexibility index (Phi) is 12.7. The minimum atomic E-state index is -1.46. The number of carboxylic acid groups (broad SMARTS) is 1. The monoisotopic (exact) mass is 598 g/mol. The Bertz CT molecular complexity index is 1350. The number of carboxylic acids is 1. The van der Waals surface area contributed by atoms with Crippen LogP contribution in [0.3, 0.4) is 0 Å². The highest BCUT2D eigenvalue weighted by molar-refractivity contribution is 5.99. The fourth-order valence-electron chi connectivity index (χ4n) is 3.60. The first kappa shape index (κ1) is 33.8. The summed E-state index contributed by atoms with van der Waals surface area (Å²) in [5, 5.41) is 21.2. The Labute approximate surface area is 246 Å². The number of anilines is 1. The number of nitrogens with zero attached hydrogens (tertiary/aromatic N) is 2. The van der Waals surface area contributed by atoms with Crippen LogP contribution in [0.25, 0.3) is 11.4 Å². The van der Waals surface area contributed by atoms with Gasteiger partial charge in [0.05, 0.1) is 48.3 Å². The molecule has 43 heavy (non-hydrogen) atoms. The fraction of sp³-hybridized carbons (Fsp3) is 0.370. The van der Waals surface area contributed by atoms with Gasteiger partial charge in [-0.3, -0.25) is 43.5 Å². The van der Waals surface area contributed by atoms with Crippen LogP contribution in [-0.2, 0) is 28.8 Å². The number of hydrogen-bond acceptors (Lipinski definition) is 9. The van der Waals surface area contributed by atoms with Gasteiger partial charge < -0.3 is 37.4 Å². The summed E-state index contributed by atoms with van der Waals surface area (Å²) >= 11 is 0. The van der Waals surface area contributed by atoms with Gasteiger partial charge in [0, 0.05) is 13.1 Å². The van der Waals surface area contributed by atoms with Crippen LogP contribution >= 0.6 is 0 Å². The zero-order valence-corrected chi connectivity index (χ0v) is 23.8. The molecule has 0 spiro atoms. The van der Waals surface area contributed by atoms with Crippen molar-refractivity contribution in [2.75, 3.05) is 18.4 Å². The van der Waals surface area contributed by atoms with Gasteiger partial charge in [0.25, 0.3) is 5.91 Å². The van der Waals surface area contributed by atoms with E-state index >= 15 is 0 Å². The molecular weight excluding hydrogens is 564 g/mol. The number of nitrogens with one attached hydrogen (secondary N) is 5. The minimum Gasteiger partial charge on any atom is -0.481 e. The van der Waals surface area contributed by atoms with Gasteiger partial charge in [-0.25, -0.2) is 0 Å². The van der Waals surface area contributed by atoms with E-state index in [0.717, 1.165) is 0 Å². The maximum atomic E-state index is 12.9. The standard InChI is InChI=1S/C27H34N8O8/c1-14(2)8-20(34-23(38)13-29-15(3)36)27(43)33-17-5-7-19(31-11-17)18-6-4-16(10-30-18)25(41)35-21(9-24(39)40)26(42)32-12-22(28)37/h4-7,10-11,14,20-21H,8-9,12-13H2,1-3H3,(H2,28,37)(H,29,36)(H,32,42)(H,33,43)(H,34,38)(H,35,41)(H,39,40)/t20-,21-/m0/s1. The van der Waals surface area contributed by atoms with Crippen LogP contribution in [0.2, 0.25) is 0 Å². The van der Waals surface area contributed by atoms with Crippen molar-refractivity contribution in [1.29, 1.82) is 0 Å². The van der Waals surface area contributed by atoms with Gasteiger partial charge in [-0.15, -0.1) is 0 Å². The molecular formula is C27H34N8O8. The molecule has 0 saturated carbocycles. The van der Waals surface area contributed by atoms with Gasteiger partial charge in [0.2, 0.25) is 29.5 Å². The first-order valence-corrected chi connectivity index (χ1v) is 13.1. The Morgan fingerprint density at radius 3 is 2.00 bits per heavy atom. The highest BCUT2D eigenvalue weighted by atomic mass is 16.4. The van der Waals surface area contributed by atoms with E-state index in [1.165, 1.54) is 31.5 Å². The molecule has 0 radical (unpaired) electrons. The fourth-order valence-corrected chi connectivity index (χ4v) is 3.60. The molecule has 6 amide bonds. The maximum Gasteiger partial charge on any atom is 0.305 e. The quantitative estimate of drug-likeness (QED) is 0.131. The number of amides is 6. The summed E-state index contributed by atoms with van der Waals surface area (Å²) in [6, 6.07) is 3.74. The number of pyridine rings is 2. The van der Waals surface area contributed by atoms with E-state index in [2.05, 4.69) is 36.6 Å². The molecule has 0 bridgehead atoms. The van der Waals surface area contributed by atoms with Gasteiger partial charge in [-0.1, -0.05) is 13.8 Å². The van der Waals surface area contributed by atoms with E-state index in [-0.39, 0.29) is 23.9 Å². The number of carbonyl (C=O) groups is 7. The van der Waals surface area contributed by atoms with E-state index in [1.54, 1.807) is 12.1 Å². The smallest absolute Gasteiger partial charge is 0.305 e. The highest BCUT2D eigenvalue weighted by Crippen LogP contribution is 2.18. The average Bonchev–Trinajstić information content (AvgIpc) is 2.94. The first-order chi connectivity index (χ1) is 20.2. The largest absolute Gasteiger partial charge is 0.481 e. The molecule has 16 heteroatoms. The zero-order valence-electron chi connectivity index (χ0n) is 23.8. The molecule has 8 N–H and O–H groups in total. The summed E-state index contributed by atoms with van der Waals surface area (Å²) in [5.74, 6) is -5.09. The van der Waals surface area contributed by atoms with Gasteiger partial charge in [-0.05, 0) is 36.6 Å². The lowest BCUT2D eigenvalue weighted by Gasteiger charge is -2.20. The third kappa shape index (κ3) is 11.9. The maximum absolute atomic E-state index is 12.9. The van der Waals surface area contributed by atoms with Crippen LogP contribution in [0.4, 0.5) is 5.69 Å². The summed E-state index contributed by atoms with van der Waals surface area (Å²) in [5.41, 5.74) is 6.14. The molecule has 2 heterocycles. The zero-order chi connectivity index (χ0) is 32.1. The van der Waals surface area contributed by atoms with Crippen LogP contribution in [0.1, 0.15) is 44.0 Å². The molecule has 2 aromatic rings. The molecule has 2 rings (SSSR count). The number of aromatic nitrogens is 2. The molecule has 0 unspecified atom stereocenters. The second kappa shape index (κ2) is 16.1. The van der Waals surface area contributed by atoms with Gasteiger partial charge in [-0.2, -0.15) is 0 Å². The van der Waals surface area contributed by atoms with Crippen LogP contribution in [-0.4, -0.2) is 81.7 Å². The molecule has 0 aromatic carbocycles. The lowest BCUT2D eigenvalue weighted by molar-refractivity contribution is -0.139. The molecule has 0 saturated heterocycles. The predicted octanol–water partition coefficient (Wildman–Crippen LogP) is -1.08. The van der Waals surface area contributed by atoms with Crippen molar-refractivity contribution in [3.8, 4) is 11.4 Å². The van der Waals surface area contributed by atoms with Crippen molar-refractivity contribution < 1.29 is 38.7 Å². The number of nitrogens with two attached hydrogens (primary N) is 1. The topological polar surface area (TPSA) is 252 Å². The lowest BCUT2D eigenvalue weighted by Crippen LogP contribution is -2.49. The Morgan fingerprint density at radius 2 is 1.49 bits per heavy atom. The lowest BCUT2D eigenvalue weighted by atomic mass is 10.0. The number of hydrogen-bond donors (Lipinski definition) is 7.